The van der Waals surface area contributed by atoms with Crippen molar-refractivity contribution in [3.63, 3.8) is 0 Å². The lowest BCUT2D eigenvalue weighted by atomic mass is 10.1. The van der Waals surface area contributed by atoms with E-state index in [1.807, 2.05) is 0 Å². The fourth-order valence-electron chi connectivity index (χ4n) is 2.81. The molecule has 1 saturated heterocycles. The third-order valence-electron chi connectivity index (χ3n) is 4.10. The monoisotopic (exact) mass is 338 g/mol. The molecule has 1 fully saturated rings. The van der Waals surface area contributed by atoms with Crippen molar-refractivity contribution in [2.24, 2.45) is 11.8 Å². The maximum absolute atomic E-state index is 3.75. The zero-order valence-corrected chi connectivity index (χ0v) is 14.5. The summed E-state index contributed by atoms with van der Waals surface area (Å²) in [6, 6.07) is 6.79. The van der Waals surface area contributed by atoms with Crippen molar-refractivity contribution in [3.05, 3.63) is 28.2 Å². The lowest BCUT2D eigenvalue weighted by Gasteiger charge is -2.21. The predicted octanol–water partition coefficient (Wildman–Crippen LogP) is 4.43. The van der Waals surface area contributed by atoms with E-state index in [2.05, 4.69) is 65.1 Å². The molecule has 1 heterocycles. The summed E-state index contributed by atoms with van der Waals surface area (Å²) in [4.78, 5) is 2.52. The first-order valence-electron chi connectivity index (χ1n) is 7.84. The van der Waals surface area contributed by atoms with E-state index in [0.717, 1.165) is 19.0 Å². The summed E-state index contributed by atoms with van der Waals surface area (Å²) in [7, 11) is 0. The number of rotatable bonds is 6. The topological polar surface area (TPSA) is 15.3 Å². The third kappa shape index (κ3) is 4.23. The molecule has 0 amide bonds. The lowest BCUT2D eigenvalue weighted by Crippen LogP contribution is -2.21. The molecule has 0 aromatic heterocycles. The molecule has 2 nitrogen and oxygen atoms in total. The average Bonchev–Trinajstić information content (AvgIpc) is 2.87. The Labute approximate surface area is 132 Å². The Morgan fingerprint density at radius 1 is 1.40 bits per heavy atom. The summed E-state index contributed by atoms with van der Waals surface area (Å²) in [5.41, 5.74) is 2.71. The highest BCUT2D eigenvalue weighted by atomic mass is 79.9. The molecule has 0 aliphatic carbocycles. The van der Waals surface area contributed by atoms with Gasteiger partial charge < -0.3 is 10.2 Å². The molecule has 3 heteroatoms. The number of benzene rings is 1. The second kappa shape index (κ2) is 7.46. The van der Waals surface area contributed by atoms with E-state index in [4.69, 9.17) is 0 Å². The normalized spacial score (nSPS) is 19.1. The highest BCUT2D eigenvalue weighted by molar-refractivity contribution is 9.10. The molecule has 0 spiro atoms. The van der Waals surface area contributed by atoms with Crippen LogP contribution < -0.4 is 10.2 Å². The summed E-state index contributed by atoms with van der Waals surface area (Å²) >= 11 is 3.75. The summed E-state index contributed by atoms with van der Waals surface area (Å²) in [5.74, 6) is 1.57. The van der Waals surface area contributed by atoms with Crippen LogP contribution >= 0.6 is 15.9 Å². The van der Waals surface area contributed by atoms with E-state index >= 15 is 0 Å². The van der Waals surface area contributed by atoms with Crippen molar-refractivity contribution in [2.75, 3.05) is 24.5 Å². The van der Waals surface area contributed by atoms with Gasteiger partial charge in [0, 0.05) is 24.1 Å². The van der Waals surface area contributed by atoms with E-state index in [-0.39, 0.29) is 0 Å². The molecule has 1 aliphatic heterocycles. The van der Waals surface area contributed by atoms with E-state index in [1.165, 1.54) is 41.7 Å². The van der Waals surface area contributed by atoms with Crippen LogP contribution in [0.4, 0.5) is 5.69 Å². The van der Waals surface area contributed by atoms with Crippen LogP contribution in [0.25, 0.3) is 0 Å². The minimum Gasteiger partial charge on any atom is -0.370 e. The van der Waals surface area contributed by atoms with Crippen molar-refractivity contribution in [1.82, 2.24) is 5.32 Å². The summed E-state index contributed by atoms with van der Waals surface area (Å²) in [6.45, 7) is 11.2. The molecule has 1 aromatic carbocycles. The van der Waals surface area contributed by atoms with E-state index in [0.29, 0.717) is 5.92 Å². The van der Waals surface area contributed by atoms with Gasteiger partial charge in [-0.2, -0.15) is 0 Å². The van der Waals surface area contributed by atoms with Crippen LogP contribution in [0, 0.1) is 11.8 Å². The quantitative estimate of drug-likeness (QED) is 0.825. The number of nitrogens with one attached hydrogen (secondary N) is 1. The predicted molar refractivity (Wildman–Crippen MR) is 91.3 cm³/mol. The third-order valence-corrected chi connectivity index (χ3v) is 4.73. The standard InChI is InChI=1S/C17H27BrN2/c1-4-14-7-8-20(12-14)17-6-5-15(9-16(17)18)11-19-10-13(2)3/h5-6,9,13-14,19H,4,7-8,10-12H2,1-3H3. The Bertz CT molecular complexity index is 431. The van der Waals surface area contributed by atoms with Crippen LogP contribution in [0.1, 0.15) is 39.2 Å². The Hall–Kier alpha value is -0.540. The largest absolute Gasteiger partial charge is 0.370 e. The van der Waals surface area contributed by atoms with Gasteiger partial charge in [0.1, 0.15) is 0 Å². The zero-order valence-electron chi connectivity index (χ0n) is 13.0. The van der Waals surface area contributed by atoms with Gasteiger partial charge in [-0.15, -0.1) is 0 Å². The van der Waals surface area contributed by atoms with Crippen molar-refractivity contribution < 1.29 is 0 Å². The summed E-state index contributed by atoms with van der Waals surface area (Å²) < 4.78 is 1.23. The second-order valence-corrected chi connectivity index (χ2v) is 7.17. The minimum atomic E-state index is 0.702. The van der Waals surface area contributed by atoms with Gasteiger partial charge in [0.05, 0.1) is 5.69 Å². The van der Waals surface area contributed by atoms with Crippen LogP contribution in [0.2, 0.25) is 0 Å². The van der Waals surface area contributed by atoms with E-state index in [1.54, 1.807) is 0 Å². The molecular weight excluding hydrogens is 312 g/mol. The van der Waals surface area contributed by atoms with Gasteiger partial charge >= 0.3 is 0 Å². The van der Waals surface area contributed by atoms with Gasteiger partial charge in [0.2, 0.25) is 0 Å². The molecule has 2 rings (SSSR count). The van der Waals surface area contributed by atoms with Gasteiger partial charge in [-0.25, -0.2) is 0 Å². The number of hydrogen-bond donors (Lipinski definition) is 1. The van der Waals surface area contributed by atoms with E-state index < -0.39 is 0 Å². The number of anilines is 1. The highest BCUT2D eigenvalue weighted by Crippen LogP contribution is 2.32. The molecule has 0 saturated carbocycles. The van der Waals surface area contributed by atoms with E-state index in [9.17, 15) is 0 Å². The van der Waals surface area contributed by atoms with Crippen LogP contribution in [-0.4, -0.2) is 19.6 Å². The number of hydrogen-bond acceptors (Lipinski definition) is 2. The highest BCUT2D eigenvalue weighted by Gasteiger charge is 2.22. The Morgan fingerprint density at radius 2 is 2.20 bits per heavy atom. The van der Waals surface area contributed by atoms with Crippen LogP contribution in [-0.2, 0) is 6.54 Å². The maximum atomic E-state index is 3.75. The molecule has 20 heavy (non-hydrogen) atoms. The molecule has 1 N–H and O–H groups in total. The molecule has 1 aliphatic rings. The van der Waals surface area contributed by atoms with Crippen LogP contribution in [0.5, 0.6) is 0 Å². The number of halogens is 1. The minimum absolute atomic E-state index is 0.702. The second-order valence-electron chi connectivity index (χ2n) is 6.32. The lowest BCUT2D eigenvalue weighted by molar-refractivity contribution is 0.552. The average molecular weight is 339 g/mol. The Kier molecular flexibility index (Phi) is 5.91. The SMILES string of the molecule is CCC1CCN(c2ccc(CNCC(C)C)cc2Br)C1. The molecule has 0 bridgehead atoms. The van der Waals surface area contributed by atoms with Crippen molar-refractivity contribution in [3.8, 4) is 0 Å². The fraction of sp³-hybridized carbons (Fsp3) is 0.647. The molecule has 112 valence electrons. The fourth-order valence-corrected chi connectivity index (χ4v) is 3.48. The molecule has 1 aromatic rings. The van der Waals surface area contributed by atoms with Crippen molar-refractivity contribution >= 4 is 21.6 Å². The van der Waals surface area contributed by atoms with Crippen LogP contribution in [0.15, 0.2) is 22.7 Å². The Balaban J connectivity index is 1.96. The van der Waals surface area contributed by atoms with Crippen molar-refractivity contribution in [2.45, 2.75) is 40.2 Å². The first-order valence-corrected chi connectivity index (χ1v) is 8.63. The Morgan fingerprint density at radius 3 is 2.80 bits per heavy atom. The smallest absolute Gasteiger partial charge is 0.0510 e. The molecule has 1 atom stereocenters. The molecule has 0 radical (unpaired) electrons. The van der Waals surface area contributed by atoms with Crippen LogP contribution in [0.3, 0.4) is 0 Å². The summed E-state index contributed by atoms with van der Waals surface area (Å²) in [6.07, 6.45) is 2.63. The summed E-state index contributed by atoms with van der Waals surface area (Å²) in [5, 5.41) is 3.50. The maximum Gasteiger partial charge on any atom is 0.0510 e. The van der Waals surface area contributed by atoms with Crippen molar-refractivity contribution in [1.29, 1.82) is 0 Å². The van der Waals surface area contributed by atoms with Gasteiger partial charge in [0.25, 0.3) is 0 Å². The van der Waals surface area contributed by atoms with Gasteiger partial charge in [-0.1, -0.05) is 33.3 Å². The first kappa shape index (κ1) is 15.8. The number of nitrogens with zero attached hydrogens (tertiary/aromatic N) is 1. The van der Waals surface area contributed by atoms with Gasteiger partial charge in [-0.3, -0.25) is 0 Å². The van der Waals surface area contributed by atoms with Gasteiger partial charge in [-0.05, 0) is 58.4 Å². The first-order chi connectivity index (χ1) is 9.60. The molecular formula is C17H27BrN2. The zero-order chi connectivity index (χ0) is 14.5. The molecule has 1 unspecified atom stereocenters. The van der Waals surface area contributed by atoms with Gasteiger partial charge in [0.15, 0.2) is 0 Å².